The molecule has 1 aromatic heterocycles. The molecule has 0 aliphatic rings. The molecule has 0 aliphatic heterocycles. The Morgan fingerprint density at radius 1 is 1.19 bits per heavy atom. The van der Waals surface area contributed by atoms with Crippen LogP contribution in [0, 0.1) is 5.41 Å². The first-order valence-corrected chi connectivity index (χ1v) is 8.69. The zero-order valence-electron chi connectivity index (χ0n) is 14.7. The van der Waals surface area contributed by atoms with Crippen LogP contribution in [0.5, 0.6) is 0 Å². The SMILES string of the molecule is N=C(N)CC(=O)CCc1cccc(-c2cnc(NCCCCO)nc2)c1. The second-order valence-corrected chi connectivity index (χ2v) is 6.09. The molecule has 0 amide bonds. The van der Waals surface area contributed by atoms with Gasteiger partial charge < -0.3 is 16.2 Å². The summed E-state index contributed by atoms with van der Waals surface area (Å²) in [4.78, 5) is 20.3. The van der Waals surface area contributed by atoms with Gasteiger partial charge >= 0.3 is 0 Å². The number of ketones is 1. The van der Waals surface area contributed by atoms with E-state index in [9.17, 15) is 4.79 Å². The molecule has 0 spiro atoms. The van der Waals surface area contributed by atoms with Gasteiger partial charge in [-0.2, -0.15) is 0 Å². The molecule has 5 N–H and O–H groups in total. The van der Waals surface area contributed by atoms with Crippen molar-refractivity contribution in [1.82, 2.24) is 9.97 Å². The highest BCUT2D eigenvalue weighted by Crippen LogP contribution is 2.20. The van der Waals surface area contributed by atoms with Gasteiger partial charge in [0.25, 0.3) is 0 Å². The predicted molar refractivity (Wildman–Crippen MR) is 102 cm³/mol. The number of aliphatic hydroxyl groups excluding tert-OH is 1. The maximum Gasteiger partial charge on any atom is 0.222 e. The van der Waals surface area contributed by atoms with Gasteiger partial charge in [-0.3, -0.25) is 10.2 Å². The van der Waals surface area contributed by atoms with Crippen molar-refractivity contribution in [1.29, 1.82) is 5.41 Å². The highest BCUT2D eigenvalue weighted by Gasteiger charge is 2.06. The number of carbonyl (C=O) groups excluding carboxylic acids is 1. The van der Waals surface area contributed by atoms with Crippen molar-refractivity contribution in [2.24, 2.45) is 5.73 Å². The van der Waals surface area contributed by atoms with E-state index in [1.165, 1.54) is 0 Å². The van der Waals surface area contributed by atoms with E-state index in [2.05, 4.69) is 15.3 Å². The minimum Gasteiger partial charge on any atom is -0.396 e. The second kappa shape index (κ2) is 10.2. The van der Waals surface area contributed by atoms with E-state index in [4.69, 9.17) is 16.2 Å². The molecule has 2 aromatic rings. The van der Waals surface area contributed by atoms with E-state index in [0.717, 1.165) is 36.1 Å². The van der Waals surface area contributed by atoms with Crippen molar-refractivity contribution in [3.63, 3.8) is 0 Å². The van der Waals surface area contributed by atoms with Crippen LogP contribution in [-0.4, -0.2) is 39.8 Å². The third-order valence-corrected chi connectivity index (χ3v) is 3.86. The number of benzene rings is 1. The fraction of sp³-hybridized carbons (Fsp3) is 0.368. The summed E-state index contributed by atoms with van der Waals surface area (Å²) in [6, 6.07) is 7.92. The Morgan fingerprint density at radius 3 is 2.65 bits per heavy atom. The summed E-state index contributed by atoms with van der Waals surface area (Å²) in [5.74, 6) is 0.450. The number of hydrogen-bond donors (Lipinski definition) is 4. The van der Waals surface area contributed by atoms with E-state index < -0.39 is 0 Å². The molecule has 0 fully saturated rings. The van der Waals surface area contributed by atoms with E-state index >= 15 is 0 Å². The average Bonchev–Trinajstić information content (AvgIpc) is 2.64. The highest BCUT2D eigenvalue weighted by atomic mass is 16.2. The quantitative estimate of drug-likeness (QED) is 0.278. The fourth-order valence-corrected chi connectivity index (χ4v) is 2.50. The molecule has 0 radical (unpaired) electrons. The maximum atomic E-state index is 11.7. The molecule has 0 aliphatic carbocycles. The van der Waals surface area contributed by atoms with Gasteiger partial charge in [-0.25, -0.2) is 9.97 Å². The molecule has 0 unspecified atom stereocenters. The van der Waals surface area contributed by atoms with Crippen LogP contribution < -0.4 is 11.1 Å². The van der Waals surface area contributed by atoms with Crippen LogP contribution in [0.3, 0.4) is 0 Å². The second-order valence-electron chi connectivity index (χ2n) is 6.09. The Balaban J connectivity index is 1.94. The number of unbranched alkanes of at least 4 members (excludes halogenated alkanes) is 1. The molecule has 26 heavy (non-hydrogen) atoms. The average molecular weight is 355 g/mol. The van der Waals surface area contributed by atoms with Crippen molar-refractivity contribution in [3.05, 3.63) is 42.2 Å². The van der Waals surface area contributed by atoms with Gasteiger partial charge in [-0.15, -0.1) is 0 Å². The molecule has 0 atom stereocenters. The van der Waals surface area contributed by atoms with Crippen LogP contribution in [-0.2, 0) is 11.2 Å². The number of hydrogen-bond acceptors (Lipinski definition) is 6. The topological polar surface area (TPSA) is 125 Å². The number of nitrogens with two attached hydrogens (primary N) is 1. The highest BCUT2D eigenvalue weighted by molar-refractivity contribution is 5.98. The number of anilines is 1. The van der Waals surface area contributed by atoms with Gasteiger partial charge in [0.05, 0.1) is 12.3 Å². The van der Waals surface area contributed by atoms with Gasteiger partial charge in [0.2, 0.25) is 5.95 Å². The summed E-state index contributed by atoms with van der Waals surface area (Å²) in [6.45, 7) is 0.918. The summed E-state index contributed by atoms with van der Waals surface area (Å²) in [7, 11) is 0. The van der Waals surface area contributed by atoms with Crippen molar-refractivity contribution >= 4 is 17.6 Å². The lowest BCUT2D eigenvalue weighted by Gasteiger charge is -2.07. The number of Topliss-reactive ketones (excluding diaryl/α,β-unsaturated/α-hetero) is 1. The standard InChI is InChI=1S/C19H25N5O2/c20-18(21)11-17(26)7-6-14-4-3-5-15(10-14)16-12-23-19(24-13-16)22-8-1-2-9-25/h3-5,10,12-13,25H,1-2,6-9,11H2,(H3,20,21)(H,22,23,24). The largest absolute Gasteiger partial charge is 0.396 e. The number of nitrogens with one attached hydrogen (secondary N) is 2. The number of amidine groups is 1. The molecular formula is C19H25N5O2. The third-order valence-electron chi connectivity index (χ3n) is 3.86. The van der Waals surface area contributed by atoms with Crippen LogP contribution in [0.2, 0.25) is 0 Å². The van der Waals surface area contributed by atoms with Crippen LogP contribution >= 0.6 is 0 Å². The number of aromatic nitrogens is 2. The molecule has 7 heteroatoms. The van der Waals surface area contributed by atoms with E-state index in [-0.39, 0.29) is 24.6 Å². The Kier molecular flexibility index (Phi) is 7.70. The van der Waals surface area contributed by atoms with Crippen molar-refractivity contribution < 1.29 is 9.90 Å². The van der Waals surface area contributed by atoms with Crippen molar-refractivity contribution in [2.75, 3.05) is 18.5 Å². The number of aryl methyl sites for hydroxylation is 1. The molecule has 0 saturated heterocycles. The summed E-state index contributed by atoms with van der Waals surface area (Å²) in [6.07, 6.45) is 6.16. The summed E-state index contributed by atoms with van der Waals surface area (Å²) >= 11 is 0. The van der Waals surface area contributed by atoms with Crippen molar-refractivity contribution in [2.45, 2.75) is 32.1 Å². The Morgan fingerprint density at radius 2 is 1.96 bits per heavy atom. The summed E-state index contributed by atoms with van der Waals surface area (Å²) in [5.41, 5.74) is 8.20. The Bertz CT molecular complexity index is 731. The van der Waals surface area contributed by atoms with Crippen LogP contribution in [0.15, 0.2) is 36.7 Å². The van der Waals surface area contributed by atoms with Gasteiger partial charge in [0, 0.05) is 37.5 Å². The number of carbonyl (C=O) groups is 1. The molecule has 1 heterocycles. The van der Waals surface area contributed by atoms with Crippen LogP contribution in [0.4, 0.5) is 5.95 Å². The minimum atomic E-state index is -0.0917. The molecule has 0 saturated carbocycles. The van der Waals surface area contributed by atoms with Gasteiger partial charge in [0.15, 0.2) is 0 Å². The molecule has 138 valence electrons. The Labute approximate surface area is 153 Å². The van der Waals surface area contributed by atoms with E-state index in [1.54, 1.807) is 12.4 Å². The lowest BCUT2D eigenvalue weighted by molar-refractivity contribution is -0.117. The first-order valence-electron chi connectivity index (χ1n) is 8.69. The first-order chi connectivity index (χ1) is 12.6. The molecule has 1 aromatic carbocycles. The van der Waals surface area contributed by atoms with E-state index in [0.29, 0.717) is 18.8 Å². The summed E-state index contributed by atoms with van der Waals surface area (Å²) in [5, 5.41) is 19.0. The zero-order chi connectivity index (χ0) is 18.8. The van der Waals surface area contributed by atoms with Crippen LogP contribution in [0.1, 0.15) is 31.2 Å². The molecular weight excluding hydrogens is 330 g/mol. The summed E-state index contributed by atoms with van der Waals surface area (Å²) < 4.78 is 0. The maximum absolute atomic E-state index is 11.7. The zero-order valence-corrected chi connectivity index (χ0v) is 14.7. The molecule has 0 bridgehead atoms. The normalized spacial score (nSPS) is 10.5. The van der Waals surface area contributed by atoms with Gasteiger partial charge in [0.1, 0.15) is 5.78 Å². The lowest BCUT2D eigenvalue weighted by Crippen LogP contribution is -2.15. The van der Waals surface area contributed by atoms with Gasteiger partial charge in [-0.05, 0) is 30.4 Å². The predicted octanol–water partition coefficient (Wildman–Crippen LogP) is 2.16. The van der Waals surface area contributed by atoms with Gasteiger partial charge in [-0.1, -0.05) is 24.3 Å². The number of nitrogens with zero attached hydrogens (tertiary/aromatic N) is 2. The Hall–Kier alpha value is -2.80. The number of aliphatic hydroxyl groups is 1. The van der Waals surface area contributed by atoms with Crippen LogP contribution in [0.25, 0.3) is 11.1 Å². The molecule has 2 rings (SSSR count). The number of rotatable bonds is 11. The lowest BCUT2D eigenvalue weighted by atomic mass is 10.0. The minimum absolute atomic E-state index is 0.0142. The van der Waals surface area contributed by atoms with E-state index in [1.807, 2.05) is 24.3 Å². The first kappa shape index (κ1) is 19.5. The molecule has 7 nitrogen and oxygen atoms in total. The third kappa shape index (κ3) is 6.60. The van der Waals surface area contributed by atoms with Crippen molar-refractivity contribution in [3.8, 4) is 11.1 Å². The fourth-order valence-electron chi connectivity index (χ4n) is 2.50. The smallest absolute Gasteiger partial charge is 0.222 e. The monoisotopic (exact) mass is 355 g/mol.